The van der Waals surface area contributed by atoms with E-state index in [1.165, 1.54) is 0 Å². The zero-order valence-electron chi connectivity index (χ0n) is 14.2. The Labute approximate surface area is 146 Å². The Morgan fingerprint density at radius 3 is 3.04 bits per heavy atom. The summed E-state index contributed by atoms with van der Waals surface area (Å²) in [5.74, 6) is -0.0243. The average Bonchev–Trinajstić information content (AvgIpc) is 3.35. The van der Waals surface area contributed by atoms with Crippen molar-refractivity contribution in [1.82, 2.24) is 15.2 Å². The average molecular weight is 341 g/mol. The molecule has 0 spiro atoms. The molecule has 2 fully saturated rings. The van der Waals surface area contributed by atoms with Crippen LogP contribution in [0.2, 0.25) is 0 Å². The van der Waals surface area contributed by atoms with Crippen LogP contribution in [0.5, 0.6) is 0 Å². The summed E-state index contributed by atoms with van der Waals surface area (Å²) in [6.07, 6.45) is 5.09. The third-order valence-corrected chi connectivity index (χ3v) is 5.17. The molecule has 6 heteroatoms. The molecule has 0 aliphatic carbocycles. The van der Waals surface area contributed by atoms with Crippen molar-refractivity contribution in [3.05, 3.63) is 36.0 Å². The molecule has 1 aromatic carbocycles. The summed E-state index contributed by atoms with van der Waals surface area (Å²) >= 11 is 0. The molecule has 0 bridgehead atoms. The first kappa shape index (κ1) is 16.1. The first-order valence-corrected chi connectivity index (χ1v) is 8.96. The number of hydrogen-bond donors (Lipinski definition) is 2. The summed E-state index contributed by atoms with van der Waals surface area (Å²) in [7, 11) is 0. The van der Waals surface area contributed by atoms with E-state index >= 15 is 0 Å². The third kappa shape index (κ3) is 3.26. The number of likely N-dealkylation sites (tertiary alicyclic amines) is 1. The Bertz CT molecular complexity index is 779. The second kappa shape index (κ2) is 6.88. The fourth-order valence-corrected chi connectivity index (χ4v) is 3.79. The molecule has 2 atom stereocenters. The molecule has 25 heavy (non-hydrogen) atoms. The van der Waals surface area contributed by atoms with Crippen LogP contribution in [0, 0.1) is 0 Å². The summed E-state index contributed by atoms with van der Waals surface area (Å²) in [4.78, 5) is 29.8. The van der Waals surface area contributed by atoms with E-state index in [1.54, 1.807) is 4.90 Å². The van der Waals surface area contributed by atoms with E-state index < -0.39 is 0 Å². The Kier molecular flexibility index (Phi) is 4.44. The number of para-hydroxylation sites is 1. The lowest BCUT2D eigenvalue weighted by Crippen LogP contribution is -2.46. The van der Waals surface area contributed by atoms with Crippen molar-refractivity contribution in [3.63, 3.8) is 0 Å². The van der Waals surface area contributed by atoms with Gasteiger partial charge in [0.05, 0.1) is 6.10 Å². The zero-order chi connectivity index (χ0) is 17.2. The molecule has 2 aliphatic rings. The minimum atomic E-state index is -0.387. The van der Waals surface area contributed by atoms with Crippen LogP contribution in [-0.2, 0) is 20.9 Å². The summed E-state index contributed by atoms with van der Waals surface area (Å²) in [6.45, 7) is 1.76. The van der Waals surface area contributed by atoms with Crippen LogP contribution in [0.25, 0.3) is 10.9 Å². The number of benzene rings is 1. The highest BCUT2D eigenvalue weighted by molar-refractivity contribution is 5.91. The van der Waals surface area contributed by atoms with Crippen LogP contribution in [-0.4, -0.2) is 47.0 Å². The highest BCUT2D eigenvalue weighted by Gasteiger charge is 2.36. The van der Waals surface area contributed by atoms with E-state index in [0.29, 0.717) is 25.9 Å². The number of H-pyrrole nitrogens is 1. The molecule has 2 unspecified atom stereocenters. The molecule has 2 N–H and O–H groups in total. The van der Waals surface area contributed by atoms with Crippen LogP contribution in [0.1, 0.15) is 31.2 Å². The minimum Gasteiger partial charge on any atom is -0.376 e. The fourth-order valence-electron chi connectivity index (χ4n) is 3.79. The molecule has 2 amide bonds. The minimum absolute atomic E-state index is 0.0440. The summed E-state index contributed by atoms with van der Waals surface area (Å²) in [5, 5.41) is 4.07. The first-order chi connectivity index (χ1) is 12.2. The Morgan fingerprint density at radius 2 is 2.20 bits per heavy atom. The molecule has 6 nitrogen and oxygen atoms in total. The maximum atomic E-state index is 12.6. The van der Waals surface area contributed by atoms with Gasteiger partial charge in [-0.25, -0.2) is 0 Å². The lowest BCUT2D eigenvalue weighted by molar-refractivity contribution is -0.136. The van der Waals surface area contributed by atoms with Gasteiger partial charge in [-0.15, -0.1) is 0 Å². The van der Waals surface area contributed by atoms with Gasteiger partial charge in [-0.2, -0.15) is 0 Å². The molecular weight excluding hydrogens is 318 g/mol. The zero-order valence-corrected chi connectivity index (χ0v) is 14.2. The summed E-state index contributed by atoms with van der Waals surface area (Å²) in [5.41, 5.74) is 2.09. The molecule has 4 rings (SSSR count). The molecule has 3 heterocycles. The van der Waals surface area contributed by atoms with Crippen molar-refractivity contribution in [2.45, 2.75) is 44.4 Å². The largest absolute Gasteiger partial charge is 0.376 e. The standard InChI is InChI=1S/C19H23N3O3/c23-18-8-7-17(19(24)21-11-14-4-3-9-25-14)22(18)12-13-10-20-16-6-2-1-5-15(13)16/h1-2,5-6,10,14,17,20H,3-4,7-9,11-12H2,(H,21,24). The van der Waals surface area contributed by atoms with E-state index in [0.717, 1.165) is 35.9 Å². The number of amides is 2. The second-order valence-electron chi connectivity index (χ2n) is 6.82. The number of carbonyl (C=O) groups is 2. The number of hydrogen-bond acceptors (Lipinski definition) is 3. The predicted molar refractivity (Wildman–Crippen MR) is 93.9 cm³/mol. The van der Waals surface area contributed by atoms with Gasteiger partial charge in [0, 0.05) is 43.2 Å². The number of aromatic amines is 1. The Hall–Kier alpha value is -2.34. The highest BCUT2D eigenvalue weighted by atomic mass is 16.5. The fraction of sp³-hybridized carbons (Fsp3) is 0.474. The molecule has 0 saturated carbocycles. The number of nitrogens with zero attached hydrogens (tertiary/aromatic N) is 1. The van der Waals surface area contributed by atoms with E-state index in [2.05, 4.69) is 10.3 Å². The van der Waals surface area contributed by atoms with Crippen LogP contribution in [0.3, 0.4) is 0 Å². The lowest BCUT2D eigenvalue weighted by Gasteiger charge is -2.24. The highest BCUT2D eigenvalue weighted by Crippen LogP contribution is 2.25. The van der Waals surface area contributed by atoms with Gasteiger partial charge in [0.25, 0.3) is 0 Å². The Balaban J connectivity index is 1.45. The van der Waals surface area contributed by atoms with Crippen LogP contribution in [0.4, 0.5) is 0 Å². The van der Waals surface area contributed by atoms with Crippen molar-refractivity contribution in [2.75, 3.05) is 13.2 Å². The van der Waals surface area contributed by atoms with E-state index in [9.17, 15) is 9.59 Å². The first-order valence-electron chi connectivity index (χ1n) is 8.96. The van der Waals surface area contributed by atoms with Gasteiger partial charge in [-0.3, -0.25) is 9.59 Å². The summed E-state index contributed by atoms with van der Waals surface area (Å²) < 4.78 is 5.55. The molecule has 2 aromatic rings. The summed E-state index contributed by atoms with van der Waals surface area (Å²) in [6, 6.07) is 7.62. The van der Waals surface area contributed by atoms with Gasteiger partial charge < -0.3 is 19.9 Å². The van der Waals surface area contributed by atoms with Crippen molar-refractivity contribution in [2.24, 2.45) is 0 Å². The van der Waals surface area contributed by atoms with Crippen molar-refractivity contribution in [3.8, 4) is 0 Å². The number of nitrogens with one attached hydrogen (secondary N) is 2. The number of fused-ring (bicyclic) bond motifs is 1. The number of carbonyl (C=O) groups excluding carboxylic acids is 2. The van der Waals surface area contributed by atoms with Gasteiger partial charge in [-0.1, -0.05) is 18.2 Å². The van der Waals surface area contributed by atoms with Gasteiger partial charge >= 0.3 is 0 Å². The monoisotopic (exact) mass is 341 g/mol. The quantitative estimate of drug-likeness (QED) is 0.873. The Morgan fingerprint density at radius 1 is 1.32 bits per heavy atom. The molecule has 2 aliphatic heterocycles. The maximum Gasteiger partial charge on any atom is 0.242 e. The number of ether oxygens (including phenoxy) is 1. The number of rotatable bonds is 5. The van der Waals surface area contributed by atoms with Crippen LogP contribution >= 0.6 is 0 Å². The van der Waals surface area contributed by atoms with Crippen molar-refractivity contribution >= 4 is 22.7 Å². The topological polar surface area (TPSA) is 74.4 Å². The van der Waals surface area contributed by atoms with Crippen molar-refractivity contribution in [1.29, 1.82) is 0 Å². The number of aromatic nitrogens is 1. The molecule has 1 aromatic heterocycles. The van der Waals surface area contributed by atoms with Crippen LogP contribution in [0.15, 0.2) is 30.5 Å². The van der Waals surface area contributed by atoms with Crippen LogP contribution < -0.4 is 5.32 Å². The SMILES string of the molecule is O=C(NCC1CCCO1)C1CCC(=O)N1Cc1c[nH]c2ccccc12. The van der Waals surface area contributed by atoms with Gasteiger partial charge in [0.2, 0.25) is 11.8 Å². The van der Waals surface area contributed by atoms with E-state index in [1.807, 2.05) is 30.5 Å². The molecule has 132 valence electrons. The molecule has 2 saturated heterocycles. The normalized spacial score (nSPS) is 23.5. The molecule has 0 radical (unpaired) electrons. The van der Waals surface area contributed by atoms with Crippen molar-refractivity contribution < 1.29 is 14.3 Å². The molecular formula is C19H23N3O3. The smallest absolute Gasteiger partial charge is 0.242 e. The van der Waals surface area contributed by atoms with Gasteiger partial charge in [-0.05, 0) is 30.9 Å². The van der Waals surface area contributed by atoms with Gasteiger partial charge in [0.1, 0.15) is 6.04 Å². The lowest BCUT2D eigenvalue weighted by atomic mass is 10.1. The predicted octanol–water partition coefficient (Wildman–Crippen LogP) is 1.95. The second-order valence-corrected chi connectivity index (χ2v) is 6.82. The van der Waals surface area contributed by atoms with E-state index in [-0.39, 0.29) is 24.0 Å². The van der Waals surface area contributed by atoms with Gasteiger partial charge in [0.15, 0.2) is 0 Å². The maximum absolute atomic E-state index is 12.6. The van der Waals surface area contributed by atoms with E-state index in [4.69, 9.17) is 4.74 Å². The third-order valence-electron chi connectivity index (χ3n) is 5.17.